The molecule has 0 bridgehead atoms. The zero-order valence-electron chi connectivity index (χ0n) is 9.18. The fourth-order valence-corrected chi connectivity index (χ4v) is 2.19. The van der Waals surface area contributed by atoms with Crippen molar-refractivity contribution in [3.05, 3.63) is 51.4 Å². The first kappa shape index (κ1) is 12.1. The zero-order chi connectivity index (χ0) is 12.3. The predicted octanol–water partition coefficient (Wildman–Crippen LogP) is 3.29. The molecule has 0 saturated carbocycles. The first-order valence-electron chi connectivity index (χ1n) is 5.11. The minimum absolute atomic E-state index is 0.0945. The maximum atomic E-state index is 11.8. The lowest BCUT2D eigenvalue weighted by atomic mass is 10.1. The van der Waals surface area contributed by atoms with E-state index in [1.165, 1.54) is 11.3 Å². The molecule has 1 N–H and O–H groups in total. The number of benzene rings is 1. The molecule has 5 heteroatoms. The minimum atomic E-state index is -0.168. The fourth-order valence-electron chi connectivity index (χ4n) is 1.45. The van der Waals surface area contributed by atoms with Gasteiger partial charge in [0.15, 0.2) is 0 Å². The van der Waals surface area contributed by atoms with Crippen molar-refractivity contribution in [2.75, 3.05) is 0 Å². The van der Waals surface area contributed by atoms with Gasteiger partial charge >= 0.3 is 0 Å². The van der Waals surface area contributed by atoms with Crippen LogP contribution < -0.4 is 5.32 Å². The zero-order valence-corrected chi connectivity index (χ0v) is 10.8. The van der Waals surface area contributed by atoms with Gasteiger partial charge in [0.05, 0.1) is 11.6 Å². The molecule has 0 saturated heterocycles. The molecule has 1 aromatic heterocycles. The number of aromatic nitrogens is 1. The molecule has 2 aromatic rings. The minimum Gasteiger partial charge on any atom is -0.344 e. The number of hydrogen-bond donors (Lipinski definition) is 1. The Morgan fingerprint density at radius 1 is 1.53 bits per heavy atom. The van der Waals surface area contributed by atoms with Gasteiger partial charge in [0.2, 0.25) is 0 Å². The van der Waals surface area contributed by atoms with Gasteiger partial charge in [-0.05, 0) is 24.6 Å². The normalized spacial score (nSPS) is 12.1. The summed E-state index contributed by atoms with van der Waals surface area (Å²) in [5.74, 6) is -0.168. The highest BCUT2D eigenvalue weighted by Gasteiger charge is 2.12. The van der Waals surface area contributed by atoms with E-state index in [1.54, 1.807) is 17.0 Å². The number of halogens is 1. The van der Waals surface area contributed by atoms with Crippen LogP contribution in [0.25, 0.3) is 0 Å². The summed E-state index contributed by atoms with van der Waals surface area (Å²) in [6.07, 6.45) is 0. The van der Waals surface area contributed by atoms with Gasteiger partial charge in [0.1, 0.15) is 5.69 Å². The van der Waals surface area contributed by atoms with E-state index in [-0.39, 0.29) is 11.9 Å². The Balaban J connectivity index is 2.07. The molecule has 1 atom stereocenters. The van der Waals surface area contributed by atoms with Crippen molar-refractivity contribution in [2.45, 2.75) is 13.0 Å². The van der Waals surface area contributed by atoms with Crippen molar-refractivity contribution in [3.8, 4) is 0 Å². The van der Waals surface area contributed by atoms with Crippen molar-refractivity contribution in [2.24, 2.45) is 0 Å². The largest absolute Gasteiger partial charge is 0.344 e. The van der Waals surface area contributed by atoms with Crippen LogP contribution in [0.4, 0.5) is 0 Å². The third kappa shape index (κ3) is 3.05. The SMILES string of the molecule is CC(NC(=O)c1cscn1)c1cccc(Cl)c1. The summed E-state index contributed by atoms with van der Waals surface area (Å²) in [7, 11) is 0. The molecule has 3 nitrogen and oxygen atoms in total. The summed E-state index contributed by atoms with van der Waals surface area (Å²) in [5, 5.41) is 5.26. The van der Waals surface area contributed by atoms with Crippen LogP contribution in [-0.4, -0.2) is 10.9 Å². The Bertz CT molecular complexity index is 513. The third-order valence-electron chi connectivity index (χ3n) is 2.36. The van der Waals surface area contributed by atoms with E-state index >= 15 is 0 Å². The average molecular weight is 267 g/mol. The lowest BCUT2D eigenvalue weighted by molar-refractivity contribution is 0.0935. The molecule has 0 aliphatic heterocycles. The monoisotopic (exact) mass is 266 g/mol. The fraction of sp³-hybridized carbons (Fsp3) is 0.167. The molecule has 0 aliphatic carbocycles. The van der Waals surface area contributed by atoms with Crippen molar-refractivity contribution in [1.29, 1.82) is 0 Å². The maximum Gasteiger partial charge on any atom is 0.271 e. The molecular formula is C12H11ClN2OS. The lowest BCUT2D eigenvalue weighted by Gasteiger charge is -2.13. The van der Waals surface area contributed by atoms with Crippen LogP contribution in [0.5, 0.6) is 0 Å². The molecule has 1 unspecified atom stereocenters. The Morgan fingerprint density at radius 3 is 3.00 bits per heavy atom. The number of carbonyl (C=O) groups is 1. The summed E-state index contributed by atoms with van der Waals surface area (Å²) in [6.45, 7) is 1.91. The van der Waals surface area contributed by atoms with E-state index in [0.29, 0.717) is 10.7 Å². The number of nitrogens with zero attached hydrogens (tertiary/aromatic N) is 1. The molecule has 0 radical (unpaired) electrons. The molecule has 0 spiro atoms. The van der Waals surface area contributed by atoms with Crippen LogP contribution in [0.2, 0.25) is 5.02 Å². The van der Waals surface area contributed by atoms with Gasteiger partial charge in [-0.25, -0.2) is 4.98 Å². The van der Waals surface area contributed by atoms with Crippen LogP contribution >= 0.6 is 22.9 Å². The summed E-state index contributed by atoms with van der Waals surface area (Å²) >= 11 is 7.30. The Kier molecular flexibility index (Phi) is 3.76. The van der Waals surface area contributed by atoms with Crippen molar-refractivity contribution in [3.63, 3.8) is 0 Å². The van der Waals surface area contributed by atoms with Gasteiger partial charge in [-0.2, -0.15) is 0 Å². The first-order chi connectivity index (χ1) is 8.16. The highest BCUT2D eigenvalue weighted by atomic mass is 35.5. The van der Waals surface area contributed by atoms with Crippen LogP contribution in [0.1, 0.15) is 29.0 Å². The molecule has 0 fully saturated rings. The standard InChI is InChI=1S/C12H11ClN2OS/c1-8(9-3-2-4-10(13)5-9)15-12(16)11-6-17-7-14-11/h2-8H,1H3,(H,15,16). The molecule has 1 aromatic carbocycles. The summed E-state index contributed by atoms with van der Waals surface area (Å²) < 4.78 is 0. The van der Waals surface area contributed by atoms with Gasteiger partial charge in [0, 0.05) is 10.4 Å². The Labute approximate surface area is 108 Å². The smallest absolute Gasteiger partial charge is 0.271 e. The van der Waals surface area contributed by atoms with E-state index in [1.807, 2.05) is 25.1 Å². The van der Waals surface area contributed by atoms with E-state index in [9.17, 15) is 4.79 Å². The Hall–Kier alpha value is -1.39. The maximum absolute atomic E-state index is 11.8. The molecule has 88 valence electrons. The Morgan fingerprint density at radius 2 is 2.35 bits per heavy atom. The van der Waals surface area contributed by atoms with Crippen molar-refractivity contribution in [1.82, 2.24) is 10.3 Å². The average Bonchev–Trinajstić information content (AvgIpc) is 2.82. The topological polar surface area (TPSA) is 42.0 Å². The molecule has 0 aliphatic rings. The van der Waals surface area contributed by atoms with Crippen LogP contribution in [-0.2, 0) is 0 Å². The second-order valence-electron chi connectivity index (χ2n) is 3.62. The molecule has 1 heterocycles. The molecule has 2 rings (SSSR count). The van der Waals surface area contributed by atoms with Gasteiger partial charge in [-0.15, -0.1) is 11.3 Å². The van der Waals surface area contributed by atoms with Crippen molar-refractivity contribution >= 4 is 28.8 Å². The second-order valence-corrected chi connectivity index (χ2v) is 4.78. The number of nitrogens with one attached hydrogen (secondary N) is 1. The van der Waals surface area contributed by atoms with E-state index < -0.39 is 0 Å². The first-order valence-corrected chi connectivity index (χ1v) is 6.43. The number of thiazole rings is 1. The highest BCUT2D eigenvalue weighted by Crippen LogP contribution is 2.17. The van der Waals surface area contributed by atoms with E-state index in [0.717, 1.165) is 5.56 Å². The van der Waals surface area contributed by atoms with E-state index in [2.05, 4.69) is 10.3 Å². The third-order valence-corrected chi connectivity index (χ3v) is 3.18. The predicted molar refractivity (Wildman–Crippen MR) is 69.4 cm³/mol. The number of amides is 1. The second kappa shape index (κ2) is 5.29. The van der Waals surface area contributed by atoms with E-state index in [4.69, 9.17) is 11.6 Å². The summed E-state index contributed by atoms with van der Waals surface area (Å²) in [6, 6.07) is 7.34. The van der Waals surface area contributed by atoms with Gasteiger partial charge in [-0.1, -0.05) is 23.7 Å². The van der Waals surface area contributed by atoms with Gasteiger partial charge < -0.3 is 5.32 Å². The van der Waals surface area contributed by atoms with Crippen LogP contribution in [0.15, 0.2) is 35.2 Å². The number of rotatable bonds is 3. The summed E-state index contributed by atoms with van der Waals surface area (Å²) in [4.78, 5) is 15.7. The lowest BCUT2D eigenvalue weighted by Crippen LogP contribution is -2.26. The van der Waals surface area contributed by atoms with Gasteiger partial charge in [0.25, 0.3) is 5.91 Å². The molecular weight excluding hydrogens is 256 g/mol. The number of hydrogen-bond acceptors (Lipinski definition) is 3. The number of carbonyl (C=O) groups excluding carboxylic acids is 1. The summed E-state index contributed by atoms with van der Waals surface area (Å²) in [5.41, 5.74) is 3.06. The van der Waals surface area contributed by atoms with Crippen LogP contribution in [0.3, 0.4) is 0 Å². The molecule has 1 amide bonds. The van der Waals surface area contributed by atoms with Gasteiger partial charge in [-0.3, -0.25) is 4.79 Å². The molecule has 17 heavy (non-hydrogen) atoms. The highest BCUT2D eigenvalue weighted by molar-refractivity contribution is 7.07. The van der Waals surface area contributed by atoms with Crippen LogP contribution in [0, 0.1) is 0 Å². The van der Waals surface area contributed by atoms with Crippen molar-refractivity contribution < 1.29 is 4.79 Å². The quantitative estimate of drug-likeness (QED) is 0.926.